The Kier molecular flexibility index (Phi) is 3.68. The van der Waals surface area contributed by atoms with E-state index in [-0.39, 0.29) is 17.8 Å². The zero-order valence-electron chi connectivity index (χ0n) is 9.69. The van der Waals surface area contributed by atoms with Crippen molar-refractivity contribution >= 4 is 15.9 Å². The molecule has 17 heavy (non-hydrogen) atoms. The number of hydrogen-bond acceptors (Lipinski definition) is 2. The minimum Gasteiger partial charge on any atom is -0.490 e. The van der Waals surface area contributed by atoms with Crippen LogP contribution in [0, 0.1) is 11.6 Å². The van der Waals surface area contributed by atoms with Crippen LogP contribution in [0.2, 0.25) is 0 Å². The van der Waals surface area contributed by atoms with E-state index in [1.807, 2.05) is 13.8 Å². The molecule has 2 nitrogen and oxygen atoms in total. The fraction of sp³-hybridized carbons (Fsp3) is 0.500. The van der Waals surface area contributed by atoms with Gasteiger partial charge in [0.05, 0.1) is 6.61 Å². The molecule has 1 aromatic carbocycles. The van der Waals surface area contributed by atoms with E-state index >= 15 is 0 Å². The summed E-state index contributed by atoms with van der Waals surface area (Å²) in [7, 11) is 0. The molecule has 1 aliphatic heterocycles. The van der Waals surface area contributed by atoms with Gasteiger partial charge in [-0.05, 0) is 6.07 Å². The van der Waals surface area contributed by atoms with Gasteiger partial charge in [0.1, 0.15) is 0 Å². The van der Waals surface area contributed by atoms with Crippen molar-refractivity contribution in [3.8, 4) is 5.75 Å². The fourth-order valence-corrected chi connectivity index (χ4v) is 2.70. The molecule has 0 saturated carbocycles. The standard InChI is InChI=1S/C12H14BrF2NO/c1-6(2)16-9-3-4-17-12-10(9)7(13)5-8(14)11(12)15/h5-6,9,16H,3-4H2,1-2H3. The molecule has 1 unspecified atom stereocenters. The second-order valence-electron chi connectivity index (χ2n) is 4.41. The van der Waals surface area contributed by atoms with E-state index in [0.29, 0.717) is 16.6 Å². The van der Waals surface area contributed by atoms with E-state index in [9.17, 15) is 8.78 Å². The van der Waals surface area contributed by atoms with E-state index in [1.54, 1.807) is 0 Å². The molecule has 2 rings (SSSR count). The van der Waals surface area contributed by atoms with Crippen LogP contribution in [0.25, 0.3) is 0 Å². The number of nitrogens with one attached hydrogen (secondary N) is 1. The van der Waals surface area contributed by atoms with Crippen LogP contribution in [-0.2, 0) is 0 Å². The van der Waals surface area contributed by atoms with Crippen molar-refractivity contribution in [2.45, 2.75) is 32.4 Å². The molecule has 0 spiro atoms. The van der Waals surface area contributed by atoms with Crippen molar-refractivity contribution in [2.75, 3.05) is 6.61 Å². The largest absolute Gasteiger partial charge is 0.490 e. The van der Waals surface area contributed by atoms with E-state index < -0.39 is 11.6 Å². The normalized spacial score (nSPS) is 19.1. The molecule has 1 aliphatic rings. The molecule has 1 atom stereocenters. The third-order valence-corrected chi connectivity index (χ3v) is 3.36. The minimum absolute atomic E-state index is 0.0109. The summed E-state index contributed by atoms with van der Waals surface area (Å²) in [5.74, 6) is -1.76. The SMILES string of the molecule is CC(C)NC1CCOc2c(F)c(F)cc(Br)c21. The maximum atomic E-state index is 13.6. The minimum atomic E-state index is -0.904. The summed E-state index contributed by atoms with van der Waals surface area (Å²) < 4.78 is 32.7. The molecule has 1 heterocycles. The Morgan fingerprint density at radius 3 is 2.82 bits per heavy atom. The molecule has 5 heteroatoms. The van der Waals surface area contributed by atoms with E-state index in [2.05, 4.69) is 21.2 Å². The Morgan fingerprint density at radius 1 is 1.47 bits per heavy atom. The van der Waals surface area contributed by atoms with Gasteiger partial charge in [-0.2, -0.15) is 4.39 Å². The number of ether oxygens (including phenoxy) is 1. The number of fused-ring (bicyclic) bond motifs is 1. The van der Waals surface area contributed by atoms with Gasteiger partial charge in [0.25, 0.3) is 0 Å². The van der Waals surface area contributed by atoms with Crippen LogP contribution >= 0.6 is 15.9 Å². The molecule has 94 valence electrons. The lowest BCUT2D eigenvalue weighted by molar-refractivity contribution is 0.231. The van der Waals surface area contributed by atoms with Gasteiger partial charge >= 0.3 is 0 Å². The van der Waals surface area contributed by atoms with Crippen molar-refractivity contribution in [1.82, 2.24) is 5.32 Å². The first-order valence-electron chi connectivity index (χ1n) is 5.57. The first kappa shape index (κ1) is 12.8. The molecule has 1 aromatic rings. The van der Waals surface area contributed by atoms with E-state index in [4.69, 9.17) is 4.74 Å². The molecule has 1 N–H and O–H groups in total. The molecule has 0 bridgehead atoms. The molecular weight excluding hydrogens is 292 g/mol. The summed E-state index contributed by atoms with van der Waals surface area (Å²) in [6, 6.07) is 1.41. The van der Waals surface area contributed by atoms with Crippen LogP contribution in [0.3, 0.4) is 0 Å². The van der Waals surface area contributed by atoms with Gasteiger partial charge in [0, 0.05) is 28.5 Å². The first-order chi connectivity index (χ1) is 8.00. The molecular formula is C12H14BrF2NO. The summed E-state index contributed by atoms with van der Waals surface area (Å²) in [6.45, 7) is 4.43. The van der Waals surface area contributed by atoms with Crippen molar-refractivity contribution in [3.63, 3.8) is 0 Å². The Hall–Kier alpha value is -0.680. The van der Waals surface area contributed by atoms with Gasteiger partial charge in [0.15, 0.2) is 11.6 Å². The van der Waals surface area contributed by atoms with Crippen molar-refractivity contribution < 1.29 is 13.5 Å². The maximum Gasteiger partial charge on any atom is 0.201 e. The molecule has 0 fully saturated rings. The second kappa shape index (κ2) is 4.90. The van der Waals surface area contributed by atoms with Gasteiger partial charge in [-0.15, -0.1) is 0 Å². The number of halogens is 3. The molecule has 0 aliphatic carbocycles. The van der Waals surface area contributed by atoms with Crippen LogP contribution in [0.15, 0.2) is 10.5 Å². The zero-order chi connectivity index (χ0) is 12.6. The molecule has 0 amide bonds. The monoisotopic (exact) mass is 305 g/mol. The Morgan fingerprint density at radius 2 is 2.18 bits per heavy atom. The Bertz CT molecular complexity index is 437. The highest BCUT2D eigenvalue weighted by atomic mass is 79.9. The van der Waals surface area contributed by atoms with E-state index in [0.717, 1.165) is 12.5 Å². The van der Waals surface area contributed by atoms with Gasteiger partial charge in [0.2, 0.25) is 5.82 Å². The lowest BCUT2D eigenvalue weighted by Gasteiger charge is -2.29. The number of benzene rings is 1. The highest BCUT2D eigenvalue weighted by molar-refractivity contribution is 9.10. The average Bonchev–Trinajstić information content (AvgIpc) is 2.25. The lowest BCUT2D eigenvalue weighted by atomic mass is 9.99. The highest BCUT2D eigenvalue weighted by Gasteiger charge is 2.29. The summed E-state index contributed by atoms with van der Waals surface area (Å²) in [5, 5.41) is 3.33. The fourth-order valence-electron chi connectivity index (χ4n) is 2.05. The molecule has 0 radical (unpaired) electrons. The number of hydrogen-bond donors (Lipinski definition) is 1. The topological polar surface area (TPSA) is 21.3 Å². The molecule has 0 saturated heterocycles. The van der Waals surface area contributed by atoms with Gasteiger partial charge < -0.3 is 10.1 Å². The summed E-state index contributed by atoms with van der Waals surface area (Å²) >= 11 is 3.27. The summed E-state index contributed by atoms with van der Waals surface area (Å²) in [6.07, 6.45) is 0.745. The third-order valence-electron chi connectivity index (χ3n) is 2.70. The van der Waals surface area contributed by atoms with Crippen molar-refractivity contribution in [2.24, 2.45) is 0 Å². The predicted molar refractivity (Wildman–Crippen MR) is 65.2 cm³/mol. The third kappa shape index (κ3) is 2.45. The summed E-state index contributed by atoms with van der Waals surface area (Å²) in [4.78, 5) is 0. The Balaban J connectivity index is 2.47. The quantitative estimate of drug-likeness (QED) is 0.844. The van der Waals surface area contributed by atoms with Crippen LogP contribution in [-0.4, -0.2) is 12.6 Å². The number of rotatable bonds is 2. The smallest absolute Gasteiger partial charge is 0.201 e. The first-order valence-corrected chi connectivity index (χ1v) is 6.36. The zero-order valence-corrected chi connectivity index (χ0v) is 11.3. The van der Waals surface area contributed by atoms with Crippen LogP contribution < -0.4 is 10.1 Å². The second-order valence-corrected chi connectivity index (χ2v) is 5.26. The van der Waals surface area contributed by atoms with Crippen LogP contribution in [0.4, 0.5) is 8.78 Å². The van der Waals surface area contributed by atoms with Crippen molar-refractivity contribution in [1.29, 1.82) is 0 Å². The predicted octanol–water partition coefficient (Wildman–Crippen LogP) is 3.55. The summed E-state index contributed by atoms with van der Waals surface area (Å²) in [5.41, 5.74) is 0.670. The van der Waals surface area contributed by atoms with Gasteiger partial charge in [-0.25, -0.2) is 4.39 Å². The van der Waals surface area contributed by atoms with Crippen LogP contribution in [0.1, 0.15) is 31.9 Å². The highest BCUT2D eigenvalue weighted by Crippen LogP contribution is 2.40. The lowest BCUT2D eigenvalue weighted by Crippen LogP contribution is -2.32. The average molecular weight is 306 g/mol. The Labute approximate surface area is 107 Å². The van der Waals surface area contributed by atoms with Crippen molar-refractivity contribution in [3.05, 3.63) is 27.7 Å². The van der Waals surface area contributed by atoms with Gasteiger partial charge in [-0.3, -0.25) is 0 Å². The van der Waals surface area contributed by atoms with Gasteiger partial charge in [-0.1, -0.05) is 29.8 Å². The van der Waals surface area contributed by atoms with Crippen LogP contribution in [0.5, 0.6) is 5.75 Å². The van der Waals surface area contributed by atoms with E-state index in [1.165, 1.54) is 0 Å². The maximum absolute atomic E-state index is 13.6. The molecule has 0 aromatic heterocycles.